The maximum atomic E-state index is 14.7. The summed E-state index contributed by atoms with van der Waals surface area (Å²) in [6.45, 7) is 7.40. The summed E-state index contributed by atoms with van der Waals surface area (Å²) < 4.78 is 38.1. The average molecular weight is 518 g/mol. The fourth-order valence-corrected chi connectivity index (χ4v) is 4.98. The first-order valence-corrected chi connectivity index (χ1v) is 13.8. The van der Waals surface area contributed by atoms with Gasteiger partial charge in [-0.05, 0) is 58.0 Å². The number of aromatic hydroxyl groups is 1. The topological polar surface area (TPSA) is 109 Å². The fraction of sp³-hybridized carbons (Fsp3) is 0.370. The summed E-state index contributed by atoms with van der Waals surface area (Å²) in [6, 6.07) is 12.5. The van der Waals surface area contributed by atoms with Gasteiger partial charge in [0.2, 0.25) is 13.2 Å². The Morgan fingerprint density at radius 1 is 1.08 bits per heavy atom. The van der Waals surface area contributed by atoms with Crippen LogP contribution < -0.4 is 4.74 Å². The van der Waals surface area contributed by atoms with Crippen LogP contribution in [0.1, 0.15) is 49.7 Å². The van der Waals surface area contributed by atoms with Crippen molar-refractivity contribution in [3.05, 3.63) is 77.2 Å². The molecule has 0 fully saturated rings. The zero-order valence-electron chi connectivity index (χ0n) is 21.1. The normalized spacial score (nSPS) is 15.2. The summed E-state index contributed by atoms with van der Waals surface area (Å²) in [6.07, 6.45) is -0.300. The van der Waals surface area contributed by atoms with Gasteiger partial charge < -0.3 is 24.6 Å². The lowest BCUT2D eigenvalue weighted by Crippen LogP contribution is -2.21. The Labute approximate surface area is 211 Å². The Hall–Kier alpha value is -2.77. The van der Waals surface area contributed by atoms with Gasteiger partial charge in [0.1, 0.15) is 18.2 Å². The highest BCUT2D eigenvalue weighted by atomic mass is 31.2. The number of phenolic OH excluding ortho intramolecular Hbond substituents is 1. The van der Waals surface area contributed by atoms with Crippen LogP contribution in [0, 0.1) is 11.2 Å². The highest BCUT2D eigenvalue weighted by Gasteiger charge is 2.29. The van der Waals surface area contributed by atoms with Gasteiger partial charge in [-0.2, -0.15) is 0 Å². The molecule has 1 unspecified atom stereocenters. The molecule has 0 saturated heterocycles. The summed E-state index contributed by atoms with van der Waals surface area (Å²) in [5, 5.41) is 20.2. The van der Waals surface area contributed by atoms with E-state index in [4.69, 9.17) is 9.47 Å². The first-order valence-electron chi connectivity index (χ1n) is 11.5. The van der Waals surface area contributed by atoms with E-state index in [9.17, 15) is 24.1 Å². The molecule has 194 valence electrons. The number of halogens is 1. The number of benzene rings is 2. The summed E-state index contributed by atoms with van der Waals surface area (Å²) in [4.78, 5) is 13.7. The first kappa shape index (κ1) is 27.8. The minimum Gasteiger partial charge on any atom is -0.508 e. The second-order valence-electron chi connectivity index (χ2n) is 10.0. The maximum absolute atomic E-state index is 14.7. The highest BCUT2D eigenvalue weighted by Crippen LogP contribution is 2.42. The van der Waals surface area contributed by atoms with Crippen molar-refractivity contribution >= 4 is 7.37 Å². The molecule has 2 aromatic carbocycles. The van der Waals surface area contributed by atoms with Gasteiger partial charge in [-0.15, -0.1) is 0 Å². The van der Waals surface area contributed by atoms with Crippen molar-refractivity contribution < 1.29 is 33.5 Å². The molecule has 3 rings (SSSR count). The van der Waals surface area contributed by atoms with Crippen molar-refractivity contribution in [3.63, 3.8) is 0 Å². The van der Waals surface area contributed by atoms with Crippen molar-refractivity contribution in [3.8, 4) is 22.8 Å². The minimum absolute atomic E-state index is 0.0387. The lowest BCUT2D eigenvalue weighted by molar-refractivity contribution is 0.0155. The number of rotatable bonds is 9. The molecule has 36 heavy (non-hydrogen) atoms. The predicted octanol–water partition coefficient (Wildman–Crippen LogP) is 5.84. The summed E-state index contributed by atoms with van der Waals surface area (Å²) >= 11 is 0. The molecule has 3 atom stereocenters. The second kappa shape index (κ2) is 11.1. The predicted molar refractivity (Wildman–Crippen MR) is 137 cm³/mol. The number of hydrogen-bond donors (Lipinski definition) is 3. The Morgan fingerprint density at radius 3 is 2.44 bits per heavy atom. The van der Waals surface area contributed by atoms with Crippen LogP contribution >= 0.6 is 7.37 Å². The molecule has 0 aliphatic carbocycles. The second-order valence-corrected chi connectivity index (χ2v) is 12.5. The average Bonchev–Trinajstić information content (AvgIpc) is 2.78. The van der Waals surface area contributed by atoms with E-state index in [0.29, 0.717) is 11.1 Å². The van der Waals surface area contributed by atoms with E-state index < -0.39 is 19.3 Å². The molecule has 0 amide bonds. The molecule has 7 nitrogen and oxygen atoms in total. The molecule has 0 bridgehead atoms. The van der Waals surface area contributed by atoms with E-state index in [1.165, 1.54) is 37.1 Å². The molecule has 0 saturated carbocycles. The molecule has 3 N–H and O–H groups in total. The Bertz CT molecular complexity index is 1250. The first-order chi connectivity index (χ1) is 16.8. The standard InChI is InChI=1S/C27H33FNO6P/c1-27(2,3)26(34-4)22-12-17(6-8-20(22)21-14-19(30)7-9-23(21)28)15-35-25-13-18(10-11-29-25)24(31)16-36(5,32)33/h6-14,24,26,30-31H,15-16H2,1-5H3,(H,32,33)/t24-,26-/m1/s1. The molecule has 0 spiro atoms. The molecule has 0 aliphatic rings. The number of aliphatic hydroxyl groups is 1. The zero-order valence-corrected chi connectivity index (χ0v) is 22.0. The molecule has 9 heteroatoms. The van der Waals surface area contributed by atoms with Gasteiger partial charge in [0.25, 0.3) is 0 Å². The van der Waals surface area contributed by atoms with E-state index in [1.807, 2.05) is 26.8 Å². The number of phenols is 1. The van der Waals surface area contributed by atoms with Crippen LogP contribution in [0.4, 0.5) is 4.39 Å². The van der Waals surface area contributed by atoms with Crippen LogP contribution in [0.15, 0.2) is 54.7 Å². The SMILES string of the molecule is CO[C@H](c1cc(COc2cc([C@H](O)CP(C)(=O)O)ccn2)ccc1-c1cc(O)ccc1F)C(C)(C)C. The van der Waals surface area contributed by atoms with E-state index in [0.717, 1.165) is 11.1 Å². The zero-order chi connectivity index (χ0) is 26.7. The van der Waals surface area contributed by atoms with Crippen LogP contribution in [0.3, 0.4) is 0 Å². The van der Waals surface area contributed by atoms with Crippen molar-refractivity contribution in [2.24, 2.45) is 5.41 Å². The maximum Gasteiger partial charge on any atom is 0.213 e. The van der Waals surface area contributed by atoms with Crippen molar-refractivity contribution in [1.82, 2.24) is 4.98 Å². The van der Waals surface area contributed by atoms with E-state index >= 15 is 0 Å². The van der Waals surface area contributed by atoms with Crippen LogP contribution in [0.2, 0.25) is 0 Å². The van der Waals surface area contributed by atoms with Gasteiger partial charge >= 0.3 is 0 Å². The third kappa shape index (κ3) is 7.14. The Morgan fingerprint density at radius 2 is 1.81 bits per heavy atom. The summed E-state index contributed by atoms with van der Waals surface area (Å²) in [5.41, 5.74) is 2.51. The van der Waals surface area contributed by atoms with Crippen molar-refractivity contribution in [2.75, 3.05) is 19.9 Å². The van der Waals surface area contributed by atoms with Crippen LogP contribution in [-0.4, -0.2) is 40.0 Å². The molecular weight excluding hydrogens is 484 g/mol. The molecular formula is C27H33FNO6P. The molecule has 1 aromatic heterocycles. The Kier molecular flexibility index (Phi) is 8.57. The highest BCUT2D eigenvalue weighted by molar-refractivity contribution is 7.57. The van der Waals surface area contributed by atoms with E-state index in [1.54, 1.807) is 25.3 Å². The number of hydrogen-bond acceptors (Lipinski definition) is 6. The quantitative estimate of drug-likeness (QED) is 0.306. The van der Waals surface area contributed by atoms with Crippen molar-refractivity contribution in [1.29, 1.82) is 0 Å². The van der Waals surface area contributed by atoms with Gasteiger partial charge in [0, 0.05) is 31.6 Å². The van der Waals surface area contributed by atoms with Crippen molar-refractivity contribution in [2.45, 2.75) is 39.6 Å². The number of aliphatic hydroxyl groups excluding tert-OH is 1. The molecule has 0 radical (unpaired) electrons. The lowest BCUT2D eigenvalue weighted by atomic mass is 9.81. The van der Waals surface area contributed by atoms with Gasteiger partial charge in [-0.1, -0.05) is 32.9 Å². The Balaban J connectivity index is 1.93. The van der Waals surface area contributed by atoms with Crippen LogP contribution in [-0.2, 0) is 15.9 Å². The number of aromatic nitrogens is 1. The largest absolute Gasteiger partial charge is 0.508 e. The summed E-state index contributed by atoms with van der Waals surface area (Å²) in [5.74, 6) is -0.247. The fourth-order valence-electron chi connectivity index (χ4n) is 4.13. The number of pyridine rings is 1. The van der Waals surface area contributed by atoms with E-state index in [2.05, 4.69) is 4.98 Å². The third-order valence-electron chi connectivity index (χ3n) is 5.70. The summed E-state index contributed by atoms with van der Waals surface area (Å²) in [7, 11) is -1.80. The molecule has 1 heterocycles. The van der Waals surface area contributed by atoms with E-state index in [-0.39, 0.29) is 41.5 Å². The molecule has 0 aliphatic heterocycles. The third-order valence-corrected chi connectivity index (χ3v) is 6.73. The smallest absolute Gasteiger partial charge is 0.213 e. The van der Waals surface area contributed by atoms with Crippen LogP contribution in [0.5, 0.6) is 11.6 Å². The van der Waals surface area contributed by atoms with Gasteiger partial charge in [-0.3, -0.25) is 4.57 Å². The molecule has 3 aromatic rings. The number of ether oxygens (including phenoxy) is 2. The van der Waals surface area contributed by atoms with Gasteiger partial charge in [0.15, 0.2) is 0 Å². The lowest BCUT2D eigenvalue weighted by Gasteiger charge is -2.32. The van der Waals surface area contributed by atoms with Gasteiger partial charge in [0.05, 0.1) is 18.4 Å². The number of methoxy groups -OCH3 is 1. The monoisotopic (exact) mass is 517 g/mol. The van der Waals surface area contributed by atoms with Gasteiger partial charge in [-0.25, -0.2) is 9.37 Å². The minimum atomic E-state index is -3.40. The number of nitrogens with zero attached hydrogens (tertiary/aromatic N) is 1. The van der Waals surface area contributed by atoms with Crippen LogP contribution in [0.25, 0.3) is 11.1 Å².